The lowest BCUT2D eigenvalue weighted by molar-refractivity contribution is -0.118. The fraction of sp³-hybridized carbons (Fsp3) is 0.417. The number of rotatable bonds is 2. The summed E-state index contributed by atoms with van der Waals surface area (Å²) in [7, 11) is 0. The van der Waals surface area contributed by atoms with Crippen molar-refractivity contribution in [3.05, 3.63) is 17.2 Å². The van der Waals surface area contributed by atoms with Gasteiger partial charge in [-0.05, 0) is 18.9 Å². The molecule has 1 aromatic rings. The lowest BCUT2D eigenvalue weighted by atomic mass is 9.87. The summed E-state index contributed by atoms with van der Waals surface area (Å²) in [4.78, 5) is 11.2. The number of hydrogen-bond acceptors (Lipinski definition) is 4. The van der Waals surface area contributed by atoms with E-state index in [1.807, 2.05) is 6.07 Å². The largest absolute Gasteiger partial charge is 0.482 e. The number of amides is 1. The summed E-state index contributed by atoms with van der Waals surface area (Å²) in [6.45, 7) is 0.0440. The summed E-state index contributed by atoms with van der Waals surface area (Å²) in [5.74, 6) is 0.481. The molecule has 1 saturated carbocycles. The molecule has 0 unspecified atom stereocenters. The van der Waals surface area contributed by atoms with Crippen molar-refractivity contribution in [1.82, 2.24) is 0 Å². The predicted octanol–water partition coefficient (Wildman–Crippen LogP) is 1.57. The van der Waals surface area contributed by atoms with Crippen LogP contribution in [0.1, 0.15) is 12.8 Å². The Morgan fingerprint density at radius 3 is 2.94 bits per heavy atom. The Balaban J connectivity index is 1.81. The Bertz CT molecular complexity index is 500. The first-order valence-electron chi connectivity index (χ1n) is 5.90. The number of anilines is 2. The monoisotopic (exact) mass is 267 g/mol. The van der Waals surface area contributed by atoms with Gasteiger partial charge >= 0.3 is 0 Å². The van der Waals surface area contributed by atoms with Crippen molar-refractivity contribution in [2.75, 3.05) is 17.2 Å². The van der Waals surface area contributed by atoms with Crippen molar-refractivity contribution in [3.8, 4) is 5.75 Å². The molecule has 0 aromatic heterocycles. The van der Waals surface area contributed by atoms with Crippen LogP contribution in [0, 0.1) is 0 Å². The summed E-state index contributed by atoms with van der Waals surface area (Å²) in [5.41, 5.74) is 7.18. The zero-order valence-corrected chi connectivity index (χ0v) is 10.5. The predicted molar refractivity (Wildman–Crippen MR) is 70.2 cm³/mol. The van der Waals surface area contributed by atoms with Crippen LogP contribution in [0.25, 0.3) is 0 Å². The van der Waals surface area contributed by atoms with Gasteiger partial charge in [0.1, 0.15) is 5.75 Å². The molecule has 1 aromatic carbocycles. The number of nitrogens with two attached hydrogens (primary N) is 1. The van der Waals surface area contributed by atoms with E-state index in [0.29, 0.717) is 22.5 Å². The van der Waals surface area contributed by atoms with Crippen LogP contribution in [-0.2, 0) is 4.79 Å². The third-order valence-electron chi connectivity index (χ3n) is 3.24. The van der Waals surface area contributed by atoms with Crippen molar-refractivity contribution in [3.63, 3.8) is 0 Å². The first-order chi connectivity index (χ1) is 8.61. The highest BCUT2D eigenvalue weighted by atomic mass is 35.5. The maximum atomic E-state index is 11.2. The minimum absolute atomic E-state index is 0.0440. The fourth-order valence-electron chi connectivity index (χ4n) is 2.21. The lowest BCUT2D eigenvalue weighted by Crippen LogP contribution is -2.44. The van der Waals surface area contributed by atoms with Gasteiger partial charge in [-0.1, -0.05) is 11.6 Å². The van der Waals surface area contributed by atoms with Gasteiger partial charge in [0, 0.05) is 18.2 Å². The number of ether oxygens (including phenoxy) is 1. The molecule has 1 heterocycles. The Hall–Kier alpha value is -1.46. The van der Waals surface area contributed by atoms with Crippen LogP contribution in [0.4, 0.5) is 11.4 Å². The van der Waals surface area contributed by atoms with E-state index < -0.39 is 0 Å². The molecule has 0 spiro atoms. The van der Waals surface area contributed by atoms with E-state index >= 15 is 0 Å². The number of halogens is 1. The van der Waals surface area contributed by atoms with Gasteiger partial charge in [0.05, 0.1) is 16.4 Å². The highest BCUT2D eigenvalue weighted by Crippen LogP contribution is 2.37. The first kappa shape index (κ1) is 11.6. The molecule has 1 amide bonds. The highest BCUT2D eigenvalue weighted by molar-refractivity contribution is 6.33. The summed E-state index contributed by atoms with van der Waals surface area (Å²) in [6.07, 6.45) is 1.90. The fourth-order valence-corrected chi connectivity index (χ4v) is 2.43. The van der Waals surface area contributed by atoms with Crippen LogP contribution in [0.5, 0.6) is 5.75 Å². The van der Waals surface area contributed by atoms with E-state index in [9.17, 15) is 4.79 Å². The zero-order chi connectivity index (χ0) is 12.7. The number of carbonyl (C=O) groups excluding carboxylic acids is 1. The van der Waals surface area contributed by atoms with E-state index in [1.54, 1.807) is 6.07 Å². The van der Waals surface area contributed by atoms with Crippen molar-refractivity contribution in [1.29, 1.82) is 0 Å². The Morgan fingerprint density at radius 1 is 1.44 bits per heavy atom. The van der Waals surface area contributed by atoms with Crippen LogP contribution in [0.15, 0.2) is 12.1 Å². The van der Waals surface area contributed by atoms with Gasteiger partial charge in [-0.3, -0.25) is 4.79 Å². The molecule has 2 aliphatic rings. The van der Waals surface area contributed by atoms with Crippen LogP contribution < -0.4 is 21.1 Å². The molecule has 0 saturated heterocycles. The molecule has 18 heavy (non-hydrogen) atoms. The van der Waals surface area contributed by atoms with Gasteiger partial charge in [-0.2, -0.15) is 0 Å². The minimum atomic E-state index is -0.163. The molecule has 6 heteroatoms. The molecule has 1 fully saturated rings. The normalized spacial score (nSPS) is 25.6. The highest BCUT2D eigenvalue weighted by Gasteiger charge is 2.27. The van der Waals surface area contributed by atoms with Crippen molar-refractivity contribution < 1.29 is 9.53 Å². The van der Waals surface area contributed by atoms with E-state index in [4.69, 9.17) is 22.1 Å². The zero-order valence-electron chi connectivity index (χ0n) is 9.70. The van der Waals surface area contributed by atoms with E-state index in [0.717, 1.165) is 18.5 Å². The van der Waals surface area contributed by atoms with Crippen LogP contribution >= 0.6 is 11.6 Å². The van der Waals surface area contributed by atoms with Gasteiger partial charge in [0.2, 0.25) is 0 Å². The molecule has 96 valence electrons. The maximum Gasteiger partial charge on any atom is 0.262 e. The topological polar surface area (TPSA) is 76.4 Å². The third kappa shape index (κ3) is 2.11. The van der Waals surface area contributed by atoms with Gasteiger partial charge in [0.25, 0.3) is 5.91 Å². The molecule has 1 aliphatic carbocycles. The van der Waals surface area contributed by atoms with E-state index in [1.165, 1.54) is 0 Å². The number of carbonyl (C=O) groups is 1. The summed E-state index contributed by atoms with van der Waals surface area (Å²) < 4.78 is 5.35. The molecule has 3 rings (SSSR count). The van der Waals surface area contributed by atoms with Gasteiger partial charge in [-0.25, -0.2) is 0 Å². The minimum Gasteiger partial charge on any atom is -0.482 e. The average Bonchev–Trinajstić information content (AvgIpc) is 2.28. The lowest BCUT2D eigenvalue weighted by Gasteiger charge is -2.34. The molecule has 4 N–H and O–H groups in total. The number of fused-ring (bicyclic) bond motifs is 1. The molecule has 0 atom stereocenters. The van der Waals surface area contributed by atoms with Crippen LogP contribution in [0.3, 0.4) is 0 Å². The molecular formula is C12H14ClN3O2. The molecule has 5 nitrogen and oxygen atoms in total. The molecular weight excluding hydrogens is 254 g/mol. The third-order valence-corrected chi connectivity index (χ3v) is 3.55. The summed E-state index contributed by atoms with van der Waals surface area (Å²) in [6, 6.07) is 4.18. The van der Waals surface area contributed by atoms with E-state index in [-0.39, 0.29) is 18.6 Å². The second kappa shape index (κ2) is 4.33. The molecule has 0 radical (unpaired) electrons. The van der Waals surface area contributed by atoms with Gasteiger partial charge in [-0.15, -0.1) is 0 Å². The molecule has 1 aliphatic heterocycles. The maximum absolute atomic E-state index is 11.2. The number of hydrogen-bond donors (Lipinski definition) is 3. The van der Waals surface area contributed by atoms with Crippen molar-refractivity contribution >= 4 is 28.9 Å². The quantitative estimate of drug-likeness (QED) is 0.760. The number of benzene rings is 1. The van der Waals surface area contributed by atoms with Gasteiger partial charge < -0.3 is 21.1 Å². The van der Waals surface area contributed by atoms with E-state index in [2.05, 4.69) is 10.6 Å². The Kier molecular flexibility index (Phi) is 2.80. The standard InChI is InChI=1S/C12H14ClN3O2/c13-8-3-10-11(18-5-12(17)16-10)4-9(8)15-7-1-6(14)2-7/h3-4,6-7,15H,1-2,5,14H2,(H,16,17). The van der Waals surface area contributed by atoms with Gasteiger partial charge in [0.15, 0.2) is 6.61 Å². The van der Waals surface area contributed by atoms with Crippen LogP contribution in [-0.4, -0.2) is 24.6 Å². The van der Waals surface area contributed by atoms with Crippen molar-refractivity contribution in [2.45, 2.75) is 24.9 Å². The van der Waals surface area contributed by atoms with Crippen LogP contribution in [0.2, 0.25) is 5.02 Å². The first-order valence-corrected chi connectivity index (χ1v) is 6.28. The SMILES string of the molecule is NC1CC(Nc2cc3c(cc2Cl)NC(=O)CO3)C1. The average molecular weight is 268 g/mol. The smallest absolute Gasteiger partial charge is 0.262 e. The van der Waals surface area contributed by atoms with Crippen molar-refractivity contribution in [2.24, 2.45) is 5.73 Å². The number of nitrogens with one attached hydrogen (secondary N) is 2. The second-order valence-corrected chi connectivity index (χ2v) is 5.15. The Morgan fingerprint density at radius 2 is 2.22 bits per heavy atom. The summed E-state index contributed by atoms with van der Waals surface area (Å²) in [5, 5.41) is 6.62. The summed E-state index contributed by atoms with van der Waals surface area (Å²) >= 11 is 6.17. The Labute approximate surface area is 110 Å². The molecule has 0 bridgehead atoms. The second-order valence-electron chi connectivity index (χ2n) is 4.74.